The first-order chi connectivity index (χ1) is 29.6. The van der Waals surface area contributed by atoms with Crippen LogP contribution in [0.2, 0.25) is 0 Å². The van der Waals surface area contributed by atoms with Gasteiger partial charge in [0.05, 0.1) is 19.6 Å². The number of benzene rings is 2. The number of aliphatic carboxylic acids is 1. The van der Waals surface area contributed by atoms with Gasteiger partial charge < -0.3 is 64.4 Å². The lowest BCUT2D eigenvalue weighted by molar-refractivity contribution is -0.142. The molecule has 0 saturated carbocycles. The van der Waals surface area contributed by atoms with Crippen molar-refractivity contribution in [2.75, 3.05) is 39.3 Å². The summed E-state index contributed by atoms with van der Waals surface area (Å²) in [6, 6.07) is 12.0. The number of carboxylic acid groups (broad SMARTS) is 1. The lowest BCUT2D eigenvalue weighted by atomic mass is 10.0. The Morgan fingerprint density at radius 1 is 0.710 bits per heavy atom. The molecule has 22 nitrogen and oxygen atoms in total. The molecular weight excluding hydrogens is 809 g/mol. The summed E-state index contributed by atoms with van der Waals surface area (Å²) in [4.78, 5) is 121. The molecule has 1 heterocycles. The maximum Gasteiger partial charge on any atom is 0.322 e. The molecule has 62 heavy (non-hydrogen) atoms. The molecule has 1 fully saturated rings. The van der Waals surface area contributed by atoms with Gasteiger partial charge in [0.1, 0.15) is 36.8 Å². The highest BCUT2D eigenvalue weighted by atomic mass is 16.4. The Hall–Kier alpha value is -7.10. The van der Waals surface area contributed by atoms with E-state index in [0.29, 0.717) is 12.0 Å². The van der Waals surface area contributed by atoms with Gasteiger partial charge in [0.2, 0.25) is 47.3 Å². The molecule has 3 rings (SSSR count). The second-order valence-electron chi connectivity index (χ2n) is 14.4. The number of hydrogen-bond donors (Lipinski definition) is 11. The number of carbonyl (C=O) groups excluding carboxylic acids is 8. The number of amides is 8. The fraction of sp³-hybridized carbons (Fsp3) is 0.450. The van der Waals surface area contributed by atoms with E-state index < -0.39 is 103 Å². The van der Waals surface area contributed by atoms with Gasteiger partial charge in [-0.25, -0.2) is 0 Å². The molecular formula is C40H56N12O10. The summed E-state index contributed by atoms with van der Waals surface area (Å²) in [6.45, 7) is -0.498. The number of hydrogen-bond acceptors (Lipinski definition) is 11. The van der Waals surface area contributed by atoms with E-state index in [0.717, 1.165) is 5.56 Å². The van der Waals surface area contributed by atoms with E-state index in [1.807, 2.05) is 6.07 Å². The van der Waals surface area contributed by atoms with E-state index in [9.17, 15) is 43.2 Å². The normalized spacial score (nSPS) is 15.0. The van der Waals surface area contributed by atoms with Gasteiger partial charge >= 0.3 is 5.97 Å². The number of likely N-dealkylation sites (tertiary alicyclic amines) is 1. The molecule has 22 heteroatoms. The molecule has 1 aliphatic heterocycles. The number of carboxylic acids is 1. The molecule has 0 spiro atoms. The second-order valence-corrected chi connectivity index (χ2v) is 14.4. The number of carbonyl (C=O) groups is 9. The summed E-state index contributed by atoms with van der Waals surface area (Å²) >= 11 is 0. The first-order valence-electron chi connectivity index (χ1n) is 19.9. The fourth-order valence-corrected chi connectivity index (χ4v) is 6.38. The number of aliphatic imine (C=N–C) groups is 1. The number of nitrogens with zero attached hydrogens (tertiary/aromatic N) is 2. The van der Waals surface area contributed by atoms with Crippen LogP contribution in [-0.2, 0) is 56.0 Å². The predicted molar refractivity (Wildman–Crippen MR) is 224 cm³/mol. The van der Waals surface area contributed by atoms with Crippen LogP contribution in [0.5, 0.6) is 0 Å². The van der Waals surface area contributed by atoms with Gasteiger partial charge in [0.15, 0.2) is 5.96 Å². The van der Waals surface area contributed by atoms with Crippen molar-refractivity contribution in [3.05, 3.63) is 71.8 Å². The number of guanidine groups is 1. The molecule has 0 unspecified atom stereocenters. The summed E-state index contributed by atoms with van der Waals surface area (Å²) in [6.07, 6.45) is 1.15. The van der Waals surface area contributed by atoms with Gasteiger partial charge in [0.25, 0.3) is 0 Å². The molecule has 0 radical (unpaired) electrons. The third-order valence-electron chi connectivity index (χ3n) is 9.49. The third-order valence-corrected chi connectivity index (χ3v) is 9.49. The molecule has 0 aliphatic carbocycles. The van der Waals surface area contributed by atoms with Crippen molar-refractivity contribution < 1.29 is 48.3 Å². The van der Waals surface area contributed by atoms with Crippen LogP contribution in [0.25, 0.3) is 0 Å². The molecule has 2 aromatic carbocycles. The SMILES string of the molecule is C[C@H](NC(=O)[C@H](Cc1ccccc1)NC(=O)CNC(=O)[C@H](CCCN=C(N)N)NC(=O)[C@@H]1CCCN1C(=O)[C@H](Cc1ccccc1)NC(=O)CN)C(=O)NCC(=O)NCC(=O)O. The van der Waals surface area contributed by atoms with Crippen LogP contribution in [0.15, 0.2) is 65.7 Å². The van der Waals surface area contributed by atoms with Crippen molar-refractivity contribution in [2.45, 2.75) is 75.7 Å². The van der Waals surface area contributed by atoms with Crippen molar-refractivity contribution >= 4 is 59.2 Å². The number of nitrogens with two attached hydrogens (primary N) is 3. The smallest absolute Gasteiger partial charge is 0.322 e. The quantitative estimate of drug-likeness (QED) is 0.0272. The fourth-order valence-electron chi connectivity index (χ4n) is 6.38. The maximum atomic E-state index is 13.9. The van der Waals surface area contributed by atoms with E-state index in [1.54, 1.807) is 54.6 Å². The van der Waals surface area contributed by atoms with E-state index in [-0.39, 0.29) is 57.7 Å². The Morgan fingerprint density at radius 2 is 1.29 bits per heavy atom. The van der Waals surface area contributed by atoms with Crippen LogP contribution in [0.3, 0.4) is 0 Å². The highest BCUT2D eigenvalue weighted by Crippen LogP contribution is 2.20. The Bertz CT molecular complexity index is 1910. The summed E-state index contributed by atoms with van der Waals surface area (Å²) < 4.78 is 0. The maximum absolute atomic E-state index is 13.9. The number of nitrogens with one attached hydrogen (secondary N) is 7. The van der Waals surface area contributed by atoms with E-state index >= 15 is 0 Å². The monoisotopic (exact) mass is 864 g/mol. The van der Waals surface area contributed by atoms with Crippen molar-refractivity contribution in [3.63, 3.8) is 0 Å². The van der Waals surface area contributed by atoms with Crippen LogP contribution in [0, 0.1) is 0 Å². The molecule has 1 saturated heterocycles. The highest BCUT2D eigenvalue weighted by molar-refractivity contribution is 5.97. The van der Waals surface area contributed by atoms with E-state index in [2.05, 4.69) is 42.2 Å². The van der Waals surface area contributed by atoms with Crippen LogP contribution in [0.4, 0.5) is 0 Å². The van der Waals surface area contributed by atoms with Crippen molar-refractivity contribution in [3.8, 4) is 0 Å². The Kier molecular flexibility index (Phi) is 20.3. The first-order valence-corrected chi connectivity index (χ1v) is 19.9. The molecule has 336 valence electrons. The lowest BCUT2D eigenvalue weighted by Crippen LogP contribution is -2.57. The van der Waals surface area contributed by atoms with Crippen LogP contribution in [-0.4, -0.2) is 139 Å². The highest BCUT2D eigenvalue weighted by Gasteiger charge is 2.39. The Labute approximate surface area is 357 Å². The average Bonchev–Trinajstić information content (AvgIpc) is 3.75. The molecule has 0 bridgehead atoms. The lowest BCUT2D eigenvalue weighted by Gasteiger charge is -2.30. The molecule has 14 N–H and O–H groups in total. The average molecular weight is 865 g/mol. The second kappa shape index (κ2) is 25.5. The van der Waals surface area contributed by atoms with Gasteiger partial charge in [-0.3, -0.25) is 48.1 Å². The minimum atomic E-state index is -1.27. The summed E-state index contributed by atoms with van der Waals surface area (Å²) in [5.74, 6) is -6.97. The first kappa shape index (κ1) is 49.3. The van der Waals surface area contributed by atoms with E-state index in [4.69, 9.17) is 22.3 Å². The number of rotatable bonds is 24. The van der Waals surface area contributed by atoms with E-state index in [1.165, 1.54) is 11.8 Å². The molecule has 5 atom stereocenters. The van der Waals surface area contributed by atoms with Gasteiger partial charge in [-0.1, -0.05) is 60.7 Å². The Balaban J connectivity index is 1.69. The zero-order valence-corrected chi connectivity index (χ0v) is 34.4. The predicted octanol–water partition coefficient (Wildman–Crippen LogP) is -4.13. The molecule has 2 aromatic rings. The zero-order chi connectivity index (χ0) is 45.6. The van der Waals surface area contributed by atoms with Crippen molar-refractivity contribution in [1.82, 2.24) is 42.1 Å². The standard InChI is InChI=1S/C40H56N12O10/c1-24(35(58)46-21-32(54)45-23-34(56)57)48-37(60)28(18-25-10-4-2-5-11-25)49-33(55)22-47-36(59)27(14-8-16-44-40(42)43)51-38(61)30-15-9-17-52(30)39(62)29(50-31(53)20-41)19-26-12-6-3-7-13-26/h2-7,10-13,24,27-30H,8-9,14-23,41H2,1H3,(H,45,54)(H,46,58)(H,47,59)(H,48,60)(H,49,55)(H,50,53)(H,51,61)(H,56,57)(H4,42,43,44)/t24-,27-,28-,29-,30-/m0/s1. The van der Waals surface area contributed by atoms with Crippen molar-refractivity contribution in [1.29, 1.82) is 0 Å². The van der Waals surface area contributed by atoms with Crippen LogP contribution in [0.1, 0.15) is 43.7 Å². The minimum absolute atomic E-state index is 0.0134. The van der Waals surface area contributed by atoms with Gasteiger partial charge in [-0.2, -0.15) is 0 Å². The largest absolute Gasteiger partial charge is 0.480 e. The van der Waals surface area contributed by atoms with Crippen LogP contribution >= 0.6 is 0 Å². The summed E-state index contributed by atoms with van der Waals surface area (Å²) in [5, 5.41) is 26.0. The van der Waals surface area contributed by atoms with Crippen molar-refractivity contribution in [2.24, 2.45) is 22.2 Å². The van der Waals surface area contributed by atoms with Gasteiger partial charge in [0, 0.05) is 25.9 Å². The van der Waals surface area contributed by atoms with Gasteiger partial charge in [-0.05, 0) is 43.7 Å². The minimum Gasteiger partial charge on any atom is -0.480 e. The van der Waals surface area contributed by atoms with Gasteiger partial charge in [-0.15, -0.1) is 0 Å². The summed E-state index contributed by atoms with van der Waals surface area (Å²) in [7, 11) is 0. The molecule has 1 aliphatic rings. The topological polar surface area (TPSA) is 352 Å². The van der Waals surface area contributed by atoms with Crippen LogP contribution < -0.4 is 54.4 Å². The third kappa shape index (κ3) is 17.2. The molecule has 0 aromatic heterocycles. The summed E-state index contributed by atoms with van der Waals surface area (Å²) in [5.41, 5.74) is 17.8. The zero-order valence-electron chi connectivity index (χ0n) is 34.4. The molecule has 8 amide bonds. The Morgan fingerprint density at radius 3 is 1.89 bits per heavy atom.